The van der Waals surface area contributed by atoms with Crippen LogP contribution in [0.2, 0.25) is 0 Å². The molecule has 0 atom stereocenters. The standard InChI is InChI=1S/C19H22F2N2OS/c1-11-16(19(2,3)4)25-18(23(11)10-12-5-6-12)22-17(24)14-9-13(20)7-8-15(14)21/h7-9,12H,5-6,10H2,1-4H3. The van der Waals surface area contributed by atoms with Crippen LogP contribution in [0.3, 0.4) is 0 Å². The second-order valence-corrected chi connectivity index (χ2v) is 8.62. The first kappa shape index (κ1) is 18.0. The monoisotopic (exact) mass is 364 g/mol. The molecule has 3 nitrogen and oxygen atoms in total. The molecule has 1 amide bonds. The quantitative estimate of drug-likeness (QED) is 0.785. The van der Waals surface area contributed by atoms with Gasteiger partial charge in [-0.15, -0.1) is 11.3 Å². The molecule has 25 heavy (non-hydrogen) atoms. The summed E-state index contributed by atoms with van der Waals surface area (Å²) in [6.45, 7) is 9.20. The van der Waals surface area contributed by atoms with E-state index >= 15 is 0 Å². The largest absolute Gasteiger partial charge is 0.320 e. The third-order valence-corrected chi connectivity index (χ3v) is 5.94. The summed E-state index contributed by atoms with van der Waals surface area (Å²) in [6, 6.07) is 2.85. The molecule has 0 saturated heterocycles. The predicted molar refractivity (Wildman–Crippen MR) is 94.7 cm³/mol. The minimum atomic E-state index is -0.756. The van der Waals surface area contributed by atoms with E-state index in [1.807, 2.05) is 6.92 Å². The number of carbonyl (C=O) groups is 1. The normalized spacial score (nSPS) is 15.7. The van der Waals surface area contributed by atoms with Crippen LogP contribution in [-0.2, 0) is 12.0 Å². The zero-order valence-electron chi connectivity index (χ0n) is 14.9. The van der Waals surface area contributed by atoms with Gasteiger partial charge in [-0.25, -0.2) is 8.78 Å². The topological polar surface area (TPSA) is 34.4 Å². The van der Waals surface area contributed by atoms with E-state index < -0.39 is 17.5 Å². The van der Waals surface area contributed by atoms with Gasteiger partial charge in [0.15, 0.2) is 4.80 Å². The lowest BCUT2D eigenvalue weighted by Gasteiger charge is -2.17. The minimum absolute atomic E-state index is 0.0685. The summed E-state index contributed by atoms with van der Waals surface area (Å²) in [5.74, 6) is -1.54. The van der Waals surface area contributed by atoms with Crippen LogP contribution in [0.25, 0.3) is 0 Å². The van der Waals surface area contributed by atoms with E-state index in [1.165, 1.54) is 24.2 Å². The summed E-state index contributed by atoms with van der Waals surface area (Å²) in [5.41, 5.74) is 0.693. The molecule has 0 bridgehead atoms. The first-order valence-corrected chi connectivity index (χ1v) is 9.23. The zero-order valence-corrected chi connectivity index (χ0v) is 15.7. The van der Waals surface area contributed by atoms with Crippen LogP contribution in [0.15, 0.2) is 23.2 Å². The highest BCUT2D eigenvalue weighted by Crippen LogP contribution is 2.33. The maximum absolute atomic E-state index is 13.9. The summed E-state index contributed by atoms with van der Waals surface area (Å²) in [5, 5.41) is 0. The van der Waals surface area contributed by atoms with Crippen molar-refractivity contribution in [1.29, 1.82) is 0 Å². The van der Waals surface area contributed by atoms with Crippen LogP contribution in [0, 0.1) is 24.5 Å². The Morgan fingerprint density at radius 1 is 1.32 bits per heavy atom. The molecule has 3 rings (SSSR count). The molecule has 1 heterocycles. The van der Waals surface area contributed by atoms with Crippen molar-refractivity contribution in [3.05, 3.63) is 50.8 Å². The van der Waals surface area contributed by atoms with Gasteiger partial charge in [-0.2, -0.15) is 4.99 Å². The summed E-state index contributed by atoms with van der Waals surface area (Å²) in [4.78, 5) is 18.3. The van der Waals surface area contributed by atoms with Crippen LogP contribution < -0.4 is 4.80 Å². The summed E-state index contributed by atoms with van der Waals surface area (Å²) in [6.07, 6.45) is 2.36. The molecule has 1 aromatic carbocycles. The van der Waals surface area contributed by atoms with Gasteiger partial charge in [0.1, 0.15) is 11.6 Å². The van der Waals surface area contributed by atoms with Crippen LogP contribution in [0.1, 0.15) is 54.5 Å². The fraction of sp³-hybridized carbons (Fsp3) is 0.474. The van der Waals surface area contributed by atoms with Gasteiger partial charge in [-0.1, -0.05) is 20.8 Å². The van der Waals surface area contributed by atoms with Gasteiger partial charge in [-0.3, -0.25) is 4.79 Å². The number of nitrogens with zero attached hydrogens (tertiary/aromatic N) is 2. The lowest BCUT2D eigenvalue weighted by Crippen LogP contribution is -2.20. The smallest absolute Gasteiger partial charge is 0.282 e. The molecule has 0 radical (unpaired) electrons. The first-order chi connectivity index (χ1) is 11.7. The molecule has 1 saturated carbocycles. The Kier molecular flexibility index (Phi) is 4.66. The average molecular weight is 364 g/mol. The SMILES string of the molecule is Cc1c(C(C)(C)C)sc(=NC(=O)c2cc(F)ccc2F)n1CC1CC1. The van der Waals surface area contributed by atoms with Gasteiger partial charge in [0.2, 0.25) is 0 Å². The number of halogens is 2. The van der Waals surface area contributed by atoms with Crippen LogP contribution in [0.5, 0.6) is 0 Å². The Morgan fingerprint density at radius 3 is 2.60 bits per heavy atom. The lowest BCUT2D eigenvalue weighted by molar-refractivity contribution is 0.0993. The van der Waals surface area contributed by atoms with Crippen molar-refractivity contribution in [3.8, 4) is 0 Å². The summed E-state index contributed by atoms with van der Waals surface area (Å²) in [7, 11) is 0. The van der Waals surface area contributed by atoms with Crippen LogP contribution >= 0.6 is 11.3 Å². The Bertz CT molecular complexity index is 886. The average Bonchev–Trinajstić information content (AvgIpc) is 3.28. The van der Waals surface area contributed by atoms with Crippen molar-refractivity contribution >= 4 is 17.2 Å². The number of carbonyl (C=O) groups excluding carboxylic acids is 1. The molecule has 1 fully saturated rings. The molecule has 0 unspecified atom stereocenters. The number of hydrogen-bond donors (Lipinski definition) is 0. The fourth-order valence-electron chi connectivity index (χ4n) is 2.85. The Labute approximate surface area is 150 Å². The molecule has 2 aromatic rings. The molecule has 1 aliphatic carbocycles. The lowest BCUT2D eigenvalue weighted by atomic mass is 9.93. The maximum atomic E-state index is 13.9. The van der Waals surface area contributed by atoms with E-state index in [4.69, 9.17) is 0 Å². The molecular weight excluding hydrogens is 342 g/mol. The number of thiazole rings is 1. The van der Waals surface area contributed by atoms with Gasteiger partial charge < -0.3 is 4.57 Å². The van der Waals surface area contributed by atoms with Crippen molar-refractivity contribution in [1.82, 2.24) is 4.57 Å². The van der Waals surface area contributed by atoms with E-state index in [0.717, 1.165) is 35.3 Å². The van der Waals surface area contributed by atoms with E-state index in [0.29, 0.717) is 10.7 Å². The highest BCUT2D eigenvalue weighted by atomic mass is 32.1. The highest BCUT2D eigenvalue weighted by Gasteiger charge is 2.27. The predicted octanol–water partition coefficient (Wildman–Crippen LogP) is 4.58. The second kappa shape index (κ2) is 6.48. The third-order valence-electron chi connectivity index (χ3n) is 4.33. The van der Waals surface area contributed by atoms with E-state index in [-0.39, 0.29) is 11.0 Å². The van der Waals surface area contributed by atoms with Crippen molar-refractivity contribution < 1.29 is 13.6 Å². The van der Waals surface area contributed by atoms with Crippen LogP contribution in [0.4, 0.5) is 8.78 Å². The van der Waals surface area contributed by atoms with E-state index in [9.17, 15) is 13.6 Å². The highest BCUT2D eigenvalue weighted by molar-refractivity contribution is 7.09. The number of amides is 1. The Hall–Kier alpha value is -1.82. The van der Waals surface area contributed by atoms with Gasteiger partial charge in [-0.05, 0) is 49.3 Å². The molecular formula is C19H22F2N2OS. The molecule has 0 spiro atoms. The van der Waals surface area contributed by atoms with Gasteiger partial charge >= 0.3 is 0 Å². The van der Waals surface area contributed by atoms with Crippen molar-refractivity contribution in [2.24, 2.45) is 10.9 Å². The van der Waals surface area contributed by atoms with Crippen molar-refractivity contribution in [3.63, 3.8) is 0 Å². The van der Waals surface area contributed by atoms with Crippen molar-refractivity contribution in [2.75, 3.05) is 0 Å². The van der Waals surface area contributed by atoms with Crippen LogP contribution in [-0.4, -0.2) is 10.5 Å². The summed E-state index contributed by atoms with van der Waals surface area (Å²) >= 11 is 1.46. The zero-order chi connectivity index (χ0) is 18.4. The van der Waals surface area contributed by atoms with E-state index in [2.05, 4.69) is 30.3 Å². The Balaban J connectivity index is 2.09. The van der Waals surface area contributed by atoms with Crippen molar-refractivity contribution in [2.45, 2.75) is 52.5 Å². The molecule has 6 heteroatoms. The number of benzene rings is 1. The van der Waals surface area contributed by atoms with Gasteiger partial charge in [0.05, 0.1) is 5.56 Å². The number of rotatable bonds is 3. The number of aromatic nitrogens is 1. The Morgan fingerprint density at radius 2 is 2.00 bits per heavy atom. The fourth-order valence-corrected chi connectivity index (χ4v) is 4.04. The molecule has 1 aromatic heterocycles. The van der Waals surface area contributed by atoms with E-state index in [1.54, 1.807) is 0 Å². The minimum Gasteiger partial charge on any atom is -0.320 e. The van der Waals surface area contributed by atoms with Gasteiger partial charge in [0, 0.05) is 17.1 Å². The third kappa shape index (κ3) is 3.89. The molecule has 0 aliphatic heterocycles. The first-order valence-electron chi connectivity index (χ1n) is 8.41. The second-order valence-electron chi connectivity index (χ2n) is 7.64. The molecule has 1 aliphatic rings. The molecule has 134 valence electrons. The van der Waals surface area contributed by atoms with Gasteiger partial charge in [0.25, 0.3) is 5.91 Å². The maximum Gasteiger partial charge on any atom is 0.282 e. The summed E-state index contributed by atoms with van der Waals surface area (Å²) < 4.78 is 29.3. The number of hydrogen-bond acceptors (Lipinski definition) is 2. The molecule has 0 N–H and O–H groups in total.